The predicted octanol–water partition coefficient (Wildman–Crippen LogP) is 1.58. The molecular formula is C24H26FIN6O5. The molecule has 0 saturated carbocycles. The Labute approximate surface area is 224 Å². The lowest BCUT2D eigenvalue weighted by Gasteiger charge is -2.21. The Bertz CT molecular complexity index is 1340. The Balaban J connectivity index is 1.81. The minimum atomic E-state index is -1.26. The number of nitrogens with one attached hydrogen (secondary N) is 3. The van der Waals surface area contributed by atoms with Gasteiger partial charge in [0.2, 0.25) is 5.91 Å². The van der Waals surface area contributed by atoms with E-state index >= 15 is 0 Å². The molecule has 0 aliphatic rings. The van der Waals surface area contributed by atoms with Gasteiger partial charge in [-0.2, -0.15) is 0 Å². The topological polar surface area (TPSA) is 196 Å². The predicted molar refractivity (Wildman–Crippen MR) is 144 cm³/mol. The second kappa shape index (κ2) is 12.4. The first-order valence-corrected chi connectivity index (χ1v) is 12.3. The van der Waals surface area contributed by atoms with E-state index in [1.54, 1.807) is 18.2 Å². The molecule has 0 aliphatic carbocycles. The largest absolute Gasteiger partial charge is 0.507 e. The van der Waals surface area contributed by atoms with Gasteiger partial charge in [0.15, 0.2) is 5.96 Å². The van der Waals surface area contributed by atoms with Crippen LogP contribution in [0.25, 0.3) is 10.9 Å². The zero-order chi connectivity index (χ0) is 27.1. The van der Waals surface area contributed by atoms with Gasteiger partial charge in [0.05, 0.1) is 3.57 Å². The fourth-order valence-corrected chi connectivity index (χ4v) is 4.21. The van der Waals surface area contributed by atoms with Crippen LogP contribution in [0.2, 0.25) is 0 Å². The molecule has 0 fully saturated rings. The summed E-state index contributed by atoms with van der Waals surface area (Å²) in [5.74, 6) is -3.24. The van der Waals surface area contributed by atoms with Crippen molar-refractivity contribution in [1.29, 1.82) is 0 Å². The van der Waals surface area contributed by atoms with Crippen LogP contribution in [-0.4, -0.2) is 57.6 Å². The number of amides is 2. The number of H-pyrrole nitrogens is 1. The summed E-state index contributed by atoms with van der Waals surface area (Å²) in [5.41, 5.74) is 11.6. The third-order valence-corrected chi connectivity index (χ3v) is 6.35. The monoisotopic (exact) mass is 624 g/mol. The molecule has 0 unspecified atom stereocenters. The van der Waals surface area contributed by atoms with E-state index < -0.39 is 35.7 Å². The molecule has 1 aromatic heterocycles. The van der Waals surface area contributed by atoms with Gasteiger partial charge in [0, 0.05) is 23.9 Å². The van der Waals surface area contributed by atoms with Crippen LogP contribution in [0.4, 0.5) is 4.39 Å². The number of aromatic nitrogens is 1. The van der Waals surface area contributed by atoms with E-state index in [4.69, 9.17) is 11.5 Å². The van der Waals surface area contributed by atoms with Crippen molar-refractivity contribution in [3.63, 3.8) is 0 Å². The average molecular weight is 624 g/mol. The van der Waals surface area contributed by atoms with Gasteiger partial charge in [-0.1, -0.05) is 12.1 Å². The first-order chi connectivity index (χ1) is 17.5. The Kier molecular flexibility index (Phi) is 9.27. The van der Waals surface area contributed by atoms with E-state index in [1.165, 1.54) is 24.3 Å². The van der Waals surface area contributed by atoms with Gasteiger partial charge in [0.25, 0.3) is 5.91 Å². The van der Waals surface area contributed by atoms with Crippen molar-refractivity contribution in [1.82, 2.24) is 15.6 Å². The summed E-state index contributed by atoms with van der Waals surface area (Å²) < 4.78 is 14.6. The van der Waals surface area contributed by atoms with E-state index in [2.05, 4.69) is 20.6 Å². The zero-order valence-electron chi connectivity index (χ0n) is 19.5. The summed E-state index contributed by atoms with van der Waals surface area (Å²) in [6.07, 6.45) is 0.350. The van der Waals surface area contributed by atoms with Crippen molar-refractivity contribution in [2.45, 2.75) is 31.3 Å². The Morgan fingerprint density at radius 1 is 1.11 bits per heavy atom. The number of phenols is 1. The molecule has 3 aromatic rings. The number of nitrogens with two attached hydrogens (primary N) is 2. The highest BCUT2D eigenvalue weighted by atomic mass is 127. The number of hydrogen-bond donors (Lipinski definition) is 7. The standard InChI is InChI=1S/C24H26FIN6O5/c25-14-3-1-4-16-13(14)11-19(30-16)22(35)32-18(10-12-6-7-20(33)15(26)9-12)21(34)31-17(23(36)37)5-2-8-29-24(27)28/h1,3-4,6-7,9,11,17-18,30,33H,2,5,8,10H2,(H,31,34)(H,32,35)(H,36,37)(H4,27,28,29)/t17-,18-/m0/s1. The third kappa shape index (κ3) is 7.55. The second-order valence-electron chi connectivity index (χ2n) is 8.25. The van der Waals surface area contributed by atoms with Gasteiger partial charge in [-0.15, -0.1) is 0 Å². The van der Waals surface area contributed by atoms with Crippen LogP contribution >= 0.6 is 22.6 Å². The SMILES string of the molecule is NC(N)=NCCC[C@H](NC(=O)[C@H](Cc1ccc(O)c(I)c1)NC(=O)c1cc2c(F)cccc2[nH]1)C(=O)O. The molecule has 9 N–H and O–H groups in total. The number of halogens is 2. The number of aliphatic carboxylic acids is 1. The number of guanidine groups is 1. The average Bonchev–Trinajstić information content (AvgIpc) is 3.28. The van der Waals surface area contributed by atoms with Gasteiger partial charge < -0.3 is 37.3 Å². The van der Waals surface area contributed by atoms with Crippen LogP contribution in [0, 0.1) is 9.39 Å². The molecule has 2 atom stereocenters. The summed E-state index contributed by atoms with van der Waals surface area (Å²) in [4.78, 5) is 44.5. The zero-order valence-corrected chi connectivity index (χ0v) is 21.7. The van der Waals surface area contributed by atoms with Crippen LogP contribution in [-0.2, 0) is 16.0 Å². The molecule has 1 heterocycles. The smallest absolute Gasteiger partial charge is 0.326 e. The normalized spacial score (nSPS) is 12.5. The van der Waals surface area contributed by atoms with Gasteiger partial charge in [-0.3, -0.25) is 14.6 Å². The first-order valence-electron chi connectivity index (χ1n) is 11.2. The maximum atomic E-state index is 14.1. The van der Waals surface area contributed by atoms with E-state index in [1.807, 2.05) is 22.6 Å². The Morgan fingerprint density at radius 3 is 2.51 bits per heavy atom. The van der Waals surface area contributed by atoms with E-state index in [0.717, 1.165) is 0 Å². The van der Waals surface area contributed by atoms with Crippen LogP contribution in [0.15, 0.2) is 47.5 Å². The lowest BCUT2D eigenvalue weighted by atomic mass is 10.0. The molecule has 13 heteroatoms. The van der Waals surface area contributed by atoms with Crippen molar-refractivity contribution in [3.05, 3.63) is 63.1 Å². The number of carbonyl (C=O) groups is 3. The van der Waals surface area contributed by atoms with Gasteiger partial charge in [-0.05, 0) is 71.3 Å². The highest BCUT2D eigenvalue weighted by molar-refractivity contribution is 14.1. The molecule has 2 amide bonds. The number of aromatic amines is 1. The van der Waals surface area contributed by atoms with Crippen molar-refractivity contribution >= 4 is 57.2 Å². The fourth-order valence-electron chi connectivity index (χ4n) is 3.63. The fraction of sp³-hybridized carbons (Fsp3) is 0.250. The lowest BCUT2D eigenvalue weighted by molar-refractivity contribution is -0.142. The van der Waals surface area contributed by atoms with Gasteiger partial charge in [0.1, 0.15) is 29.3 Å². The number of aromatic hydroxyl groups is 1. The minimum absolute atomic E-state index is 0.00276. The number of fused-ring (bicyclic) bond motifs is 1. The molecule has 0 spiro atoms. The molecular weight excluding hydrogens is 598 g/mol. The van der Waals surface area contributed by atoms with Crippen molar-refractivity contribution in [2.24, 2.45) is 16.5 Å². The van der Waals surface area contributed by atoms with Crippen LogP contribution in [0.1, 0.15) is 28.9 Å². The lowest BCUT2D eigenvalue weighted by Crippen LogP contribution is -2.52. The maximum Gasteiger partial charge on any atom is 0.326 e. The highest BCUT2D eigenvalue weighted by Gasteiger charge is 2.27. The van der Waals surface area contributed by atoms with E-state index in [-0.39, 0.29) is 42.2 Å². The van der Waals surface area contributed by atoms with E-state index in [9.17, 15) is 29.0 Å². The molecule has 2 aromatic carbocycles. The minimum Gasteiger partial charge on any atom is -0.507 e. The van der Waals surface area contributed by atoms with Crippen molar-refractivity contribution in [3.8, 4) is 5.75 Å². The molecule has 3 rings (SSSR count). The molecule has 37 heavy (non-hydrogen) atoms. The molecule has 0 radical (unpaired) electrons. The number of nitrogens with zero attached hydrogens (tertiary/aromatic N) is 1. The summed E-state index contributed by atoms with van der Waals surface area (Å²) >= 11 is 1.93. The summed E-state index contributed by atoms with van der Waals surface area (Å²) in [6, 6.07) is 7.97. The molecule has 196 valence electrons. The molecule has 11 nitrogen and oxygen atoms in total. The quantitative estimate of drug-likeness (QED) is 0.0728. The number of carboxylic acids is 1. The second-order valence-corrected chi connectivity index (χ2v) is 9.41. The number of aliphatic imine (C=N–C) groups is 1. The number of rotatable bonds is 11. The summed E-state index contributed by atoms with van der Waals surface area (Å²) in [7, 11) is 0. The number of carboxylic acid groups (broad SMARTS) is 1. The third-order valence-electron chi connectivity index (χ3n) is 5.49. The maximum absolute atomic E-state index is 14.1. The molecule has 0 aliphatic heterocycles. The number of benzene rings is 2. The van der Waals surface area contributed by atoms with Crippen LogP contribution in [0.3, 0.4) is 0 Å². The van der Waals surface area contributed by atoms with Crippen LogP contribution < -0.4 is 22.1 Å². The highest BCUT2D eigenvalue weighted by Crippen LogP contribution is 2.22. The summed E-state index contributed by atoms with van der Waals surface area (Å²) in [6.45, 7) is 0.186. The molecule has 0 bridgehead atoms. The first kappa shape index (κ1) is 27.7. The van der Waals surface area contributed by atoms with Crippen molar-refractivity contribution in [2.75, 3.05) is 6.54 Å². The number of hydrogen-bond acceptors (Lipinski definition) is 5. The van der Waals surface area contributed by atoms with Gasteiger partial charge >= 0.3 is 5.97 Å². The summed E-state index contributed by atoms with van der Waals surface area (Å²) in [5, 5.41) is 24.7. The van der Waals surface area contributed by atoms with Gasteiger partial charge in [-0.25, -0.2) is 9.18 Å². The van der Waals surface area contributed by atoms with Crippen molar-refractivity contribution < 1.29 is 29.0 Å². The number of carbonyl (C=O) groups excluding carboxylic acids is 2. The Morgan fingerprint density at radius 2 is 1.86 bits per heavy atom. The molecule has 0 saturated heterocycles. The number of phenolic OH excluding ortho intramolecular Hbond substituents is 1. The van der Waals surface area contributed by atoms with Crippen LogP contribution in [0.5, 0.6) is 5.75 Å². The van der Waals surface area contributed by atoms with E-state index in [0.29, 0.717) is 21.1 Å². The Hall–Kier alpha value is -3.88.